The Hall–Kier alpha value is -3.52. The molecule has 8 heteroatoms. The van der Waals surface area contributed by atoms with Crippen molar-refractivity contribution in [2.24, 2.45) is 0 Å². The molecule has 0 aliphatic rings. The lowest BCUT2D eigenvalue weighted by Gasteiger charge is -2.09. The Balaban J connectivity index is 1.60. The van der Waals surface area contributed by atoms with Crippen molar-refractivity contribution in [1.29, 1.82) is 0 Å². The van der Waals surface area contributed by atoms with Gasteiger partial charge in [0.1, 0.15) is 17.2 Å². The number of anilines is 1. The van der Waals surface area contributed by atoms with E-state index in [1.54, 1.807) is 21.3 Å². The molecular formula is C22H21N3O4S. The summed E-state index contributed by atoms with van der Waals surface area (Å²) in [6.07, 6.45) is 2.12. The molecule has 0 saturated heterocycles. The van der Waals surface area contributed by atoms with Crippen LogP contribution in [0, 0.1) is 0 Å². The molecule has 2 aromatic heterocycles. The summed E-state index contributed by atoms with van der Waals surface area (Å²) in [5.74, 6) is 1.92. The maximum atomic E-state index is 12.6. The number of para-hydroxylation sites is 2. The maximum Gasteiger partial charge on any atom is 0.230 e. The molecule has 0 bridgehead atoms. The predicted octanol–water partition coefficient (Wildman–Crippen LogP) is 4.27. The van der Waals surface area contributed by atoms with Crippen molar-refractivity contribution < 1.29 is 19.0 Å². The number of aromatic nitrogens is 2. The van der Waals surface area contributed by atoms with Gasteiger partial charge in [-0.05, 0) is 30.3 Å². The highest BCUT2D eigenvalue weighted by Gasteiger charge is 2.16. The van der Waals surface area contributed by atoms with Gasteiger partial charge in [0.05, 0.1) is 39.1 Å². The van der Waals surface area contributed by atoms with E-state index in [0.29, 0.717) is 17.2 Å². The summed E-state index contributed by atoms with van der Waals surface area (Å²) < 4.78 is 18.0. The molecule has 0 aliphatic heterocycles. The molecule has 0 fully saturated rings. The van der Waals surface area contributed by atoms with Gasteiger partial charge >= 0.3 is 0 Å². The largest absolute Gasteiger partial charge is 0.497 e. The van der Waals surface area contributed by atoms with Gasteiger partial charge in [-0.3, -0.25) is 9.20 Å². The molecule has 1 amide bonds. The number of carbonyl (C=O) groups is 1. The second-order valence-electron chi connectivity index (χ2n) is 6.50. The number of nitrogens with zero attached hydrogens (tertiary/aromatic N) is 2. The van der Waals surface area contributed by atoms with Gasteiger partial charge in [0.25, 0.3) is 0 Å². The van der Waals surface area contributed by atoms with Gasteiger partial charge in [-0.1, -0.05) is 12.1 Å². The second-order valence-corrected chi connectivity index (χ2v) is 7.33. The maximum absolute atomic E-state index is 12.6. The zero-order valence-corrected chi connectivity index (χ0v) is 17.7. The molecule has 2 aromatic carbocycles. The van der Waals surface area contributed by atoms with Crippen LogP contribution in [-0.2, 0) is 11.2 Å². The van der Waals surface area contributed by atoms with Crippen molar-refractivity contribution in [1.82, 2.24) is 9.38 Å². The molecule has 0 saturated carbocycles. The predicted molar refractivity (Wildman–Crippen MR) is 117 cm³/mol. The summed E-state index contributed by atoms with van der Waals surface area (Å²) in [7, 11) is 4.82. The Morgan fingerprint density at radius 3 is 2.63 bits per heavy atom. The molecular weight excluding hydrogens is 402 g/mol. The molecule has 1 N–H and O–H groups in total. The molecule has 2 heterocycles. The van der Waals surface area contributed by atoms with Crippen LogP contribution in [0.3, 0.4) is 0 Å². The summed E-state index contributed by atoms with van der Waals surface area (Å²) in [4.78, 5) is 18.1. The smallest absolute Gasteiger partial charge is 0.230 e. The molecule has 30 heavy (non-hydrogen) atoms. The van der Waals surface area contributed by atoms with Crippen LogP contribution in [0.1, 0.15) is 5.69 Å². The Bertz CT molecular complexity index is 1200. The van der Waals surface area contributed by atoms with Crippen molar-refractivity contribution in [2.75, 3.05) is 26.6 Å². The normalized spacial score (nSPS) is 10.8. The molecule has 154 valence electrons. The van der Waals surface area contributed by atoms with E-state index >= 15 is 0 Å². The van der Waals surface area contributed by atoms with Crippen LogP contribution in [0.15, 0.2) is 54.0 Å². The highest BCUT2D eigenvalue weighted by atomic mass is 32.1. The van der Waals surface area contributed by atoms with Crippen molar-refractivity contribution >= 4 is 27.9 Å². The minimum absolute atomic E-state index is 0.131. The topological polar surface area (TPSA) is 74.1 Å². The number of ether oxygens (including phenoxy) is 3. The van der Waals surface area contributed by atoms with Crippen LogP contribution in [-0.4, -0.2) is 36.6 Å². The molecule has 4 rings (SSSR count). The van der Waals surface area contributed by atoms with E-state index < -0.39 is 0 Å². The van der Waals surface area contributed by atoms with E-state index in [1.165, 1.54) is 11.3 Å². The fourth-order valence-electron chi connectivity index (χ4n) is 3.21. The first-order chi connectivity index (χ1) is 14.6. The summed E-state index contributed by atoms with van der Waals surface area (Å²) in [6, 6.07) is 12.9. The van der Waals surface area contributed by atoms with Crippen LogP contribution in [0.5, 0.6) is 17.2 Å². The standard InChI is InChI=1S/C22H21N3O4S/c1-27-15-8-9-19(28-2)16(11-15)18-12-25-14(13-30-22(25)24-18)10-21(26)23-17-6-4-5-7-20(17)29-3/h4-9,11-13H,10H2,1-3H3,(H,23,26). The summed E-state index contributed by atoms with van der Waals surface area (Å²) >= 11 is 1.48. The Labute approximate surface area is 177 Å². The number of methoxy groups -OCH3 is 3. The van der Waals surface area contributed by atoms with Gasteiger partial charge in [-0.15, -0.1) is 11.3 Å². The number of benzene rings is 2. The number of fused-ring (bicyclic) bond motifs is 1. The Morgan fingerprint density at radius 1 is 1.07 bits per heavy atom. The number of thiazole rings is 1. The number of imidazole rings is 1. The average Bonchev–Trinajstić information content (AvgIpc) is 3.35. The molecule has 0 spiro atoms. The summed E-state index contributed by atoms with van der Waals surface area (Å²) in [6.45, 7) is 0. The van der Waals surface area contributed by atoms with Crippen LogP contribution < -0.4 is 19.5 Å². The van der Waals surface area contributed by atoms with Crippen molar-refractivity contribution in [3.63, 3.8) is 0 Å². The highest BCUT2D eigenvalue weighted by molar-refractivity contribution is 7.15. The second kappa shape index (κ2) is 8.46. The van der Waals surface area contributed by atoms with Crippen LogP contribution in [0.25, 0.3) is 16.2 Å². The van der Waals surface area contributed by atoms with E-state index in [2.05, 4.69) is 5.32 Å². The van der Waals surface area contributed by atoms with Gasteiger partial charge in [0.2, 0.25) is 5.91 Å². The van der Waals surface area contributed by atoms with Crippen LogP contribution >= 0.6 is 11.3 Å². The highest BCUT2D eigenvalue weighted by Crippen LogP contribution is 2.34. The number of amides is 1. The van der Waals surface area contributed by atoms with E-state index in [-0.39, 0.29) is 12.3 Å². The SMILES string of the molecule is COc1ccc(OC)c(-c2cn3c(CC(=O)Nc4ccccc4OC)csc3n2)c1. The van der Waals surface area contributed by atoms with Crippen molar-refractivity contribution in [3.05, 3.63) is 59.7 Å². The van der Waals surface area contributed by atoms with Gasteiger partial charge in [0.15, 0.2) is 4.96 Å². The molecule has 0 atom stereocenters. The molecule has 0 radical (unpaired) electrons. The van der Waals surface area contributed by atoms with E-state index in [1.807, 2.05) is 58.4 Å². The number of nitrogens with one attached hydrogen (secondary N) is 1. The summed E-state index contributed by atoms with van der Waals surface area (Å²) in [5.41, 5.74) is 3.08. The molecule has 0 unspecified atom stereocenters. The third-order valence-corrected chi connectivity index (χ3v) is 5.58. The van der Waals surface area contributed by atoms with Crippen molar-refractivity contribution in [3.8, 4) is 28.5 Å². The van der Waals surface area contributed by atoms with Gasteiger partial charge in [-0.25, -0.2) is 4.98 Å². The molecule has 4 aromatic rings. The summed E-state index contributed by atoms with van der Waals surface area (Å²) in [5, 5.41) is 4.85. The first kappa shape index (κ1) is 19.8. The monoisotopic (exact) mass is 423 g/mol. The third kappa shape index (κ3) is 3.81. The number of hydrogen-bond acceptors (Lipinski definition) is 6. The lowest BCUT2D eigenvalue weighted by molar-refractivity contribution is -0.115. The quantitative estimate of drug-likeness (QED) is 0.481. The average molecular weight is 423 g/mol. The zero-order chi connectivity index (χ0) is 21.1. The first-order valence-corrected chi connectivity index (χ1v) is 10.1. The first-order valence-electron chi connectivity index (χ1n) is 9.23. The van der Waals surface area contributed by atoms with Crippen molar-refractivity contribution in [2.45, 2.75) is 6.42 Å². The third-order valence-electron chi connectivity index (χ3n) is 4.69. The van der Waals surface area contributed by atoms with Crippen LogP contribution in [0.2, 0.25) is 0 Å². The number of rotatable bonds is 7. The van der Waals surface area contributed by atoms with E-state index in [4.69, 9.17) is 19.2 Å². The zero-order valence-electron chi connectivity index (χ0n) is 16.8. The molecule has 0 aliphatic carbocycles. The van der Waals surface area contributed by atoms with Gasteiger partial charge in [0, 0.05) is 22.8 Å². The van der Waals surface area contributed by atoms with E-state index in [0.717, 1.165) is 27.7 Å². The van der Waals surface area contributed by atoms with E-state index in [9.17, 15) is 4.79 Å². The van der Waals surface area contributed by atoms with Gasteiger partial charge < -0.3 is 19.5 Å². The number of hydrogen-bond donors (Lipinski definition) is 1. The lowest BCUT2D eigenvalue weighted by Crippen LogP contribution is -2.15. The fourth-order valence-corrected chi connectivity index (χ4v) is 4.08. The molecule has 7 nitrogen and oxygen atoms in total. The van der Waals surface area contributed by atoms with Gasteiger partial charge in [-0.2, -0.15) is 0 Å². The minimum atomic E-state index is -0.131. The lowest BCUT2D eigenvalue weighted by atomic mass is 10.1. The van der Waals surface area contributed by atoms with Crippen LogP contribution in [0.4, 0.5) is 5.69 Å². The Morgan fingerprint density at radius 2 is 1.87 bits per heavy atom. The Kier molecular flexibility index (Phi) is 5.58. The fraction of sp³-hybridized carbons (Fsp3) is 0.182. The number of carbonyl (C=O) groups excluding carboxylic acids is 1. The minimum Gasteiger partial charge on any atom is -0.497 e.